The SMILES string of the molecule is CN=C(NCCNC(=O)c1scnc1C)NCc1ccc(F)cc1. The van der Waals surface area contributed by atoms with Crippen LogP contribution in [0, 0.1) is 12.7 Å². The Kier molecular flexibility index (Phi) is 6.68. The number of aliphatic imine (C=N–C) groups is 1. The lowest BCUT2D eigenvalue weighted by Crippen LogP contribution is -2.41. The number of carbonyl (C=O) groups is 1. The molecule has 2 aromatic rings. The number of carbonyl (C=O) groups excluding carboxylic acids is 1. The van der Waals surface area contributed by atoms with Crippen LogP contribution in [0.2, 0.25) is 0 Å². The van der Waals surface area contributed by atoms with E-state index in [9.17, 15) is 9.18 Å². The van der Waals surface area contributed by atoms with Crippen molar-refractivity contribution in [3.05, 3.63) is 51.7 Å². The third-order valence-corrected chi connectivity index (χ3v) is 4.18. The van der Waals surface area contributed by atoms with Crippen molar-refractivity contribution < 1.29 is 9.18 Å². The van der Waals surface area contributed by atoms with Gasteiger partial charge in [0.05, 0.1) is 11.2 Å². The third-order valence-electron chi connectivity index (χ3n) is 3.25. The number of benzene rings is 1. The molecule has 0 unspecified atom stereocenters. The zero-order chi connectivity index (χ0) is 17.4. The van der Waals surface area contributed by atoms with Crippen LogP contribution in [0.5, 0.6) is 0 Å². The minimum atomic E-state index is -0.256. The van der Waals surface area contributed by atoms with Gasteiger partial charge < -0.3 is 16.0 Å². The van der Waals surface area contributed by atoms with Gasteiger partial charge in [0.25, 0.3) is 5.91 Å². The summed E-state index contributed by atoms with van der Waals surface area (Å²) in [4.78, 5) is 20.7. The fourth-order valence-electron chi connectivity index (χ4n) is 1.97. The Balaban J connectivity index is 1.69. The second kappa shape index (κ2) is 8.97. The van der Waals surface area contributed by atoms with Crippen molar-refractivity contribution in [1.82, 2.24) is 20.9 Å². The number of hydrogen-bond acceptors (Lipinski definition) is 4. The third kappa shape index (κ3) is 5.31. The highest BCUT2D eigenvalue weighted by Crippen LogP contribution is 2.11. The molecule has 1 amide bonds. The Hall–Kier alpha value is -2.48. The average molecular weight is 349 g/mol. The number of rotatable bonds is 6. The maximum Gasteiger partial charge on any atom is 0.263 e. The van der Waals surface area contributed by atoms with Gasteiger partial charge in [0.1, 0.15) is 10.7 Å². The van der Waals surface area contributed by atoms with Crippen LogP contribution < -0.4 is 16.0 Å². The molecule has 8 heteroatoms. The van der Waals surface area contributed by atoms with Gasteiger partial charge in [-0.2, -0.15) is 0 Å². The van der Waals surface area contributed by atoms with Crippen LogP contribution in [0.25, 0.3) is 0 Å². The molecule has 1 aromatic carbocycles. The summed E-state index contributed by atoms with van der Waals surface area (Å²) in [5.74, 6) is 0.238. The molecule has 2 rings (SSSR count). The van der Waals surface area contributed by atoms with E-state index < -0.39 is 0 Å². The van der Waals surface area contributed by atoms with Crippen molar-refractivity contribution in [2.45, 2.75) is 13.5 Å². The molecule has 0 aliphatic rings. The van der Waals surface area contributed by atoms with Gasteiger partial charge in [0.15, 0.2) is 5.96 Å². The maximum atomic E-state index is 12.9. The molecule has 0 aliphatic carbocycles. The first-order valence-corrected chi connectivity index (χ1v) is 8.35. The quantitative estimate of drug-likeness (QED) is 0.421. The van der Waals surface area contributed by atoms with E-state index in [-0.39, 0.29) is 11.7 Å². The lowest BCUT2D eigenvalue weighted by molar-refractivity contribution is 0.0957. The Morgan fingerprint density at radius 1 is 1.21 bits per heavy atom. The summed E-state index contributed by atoms with van der Waals surface area (Å²) < 4.78 is 12.9. The summed E-state index contributed by atoms with van der Waals surface area (Å²) in [6.45, 7) is 3.34. The van der Waals surface area contributed by atoms with Crippen LogP contribution in [-0.4, -0.2) is 37.0 Å². The van der Waals surface area contributed by atoms with Crippen molar-refractivity contribution >= 4 is 23.2 Å². The number of guanidine groups is 1. The minimum Gasteiger partial charge on any atom is -0.355 e. The summed E-state index contributed by atoms with van der Waals surface area (Å²) in [6.07, 6.45) is 0. The summed E-state index contributed by atoms with van der Waals surface area (Å²) in [5.41, 5.74) is 3.35. The van der Waals surface area contributed by atoms with Gasteiger partial charge in [-0.25, -0.2) is 9.37 Å². The molecule has 24 heavy (non-hydrogen) atoms. The number of amides is 1. The highest BCUT2D eigenvalue weighted by atomic mass is 32.1. The molecule has 0 bridgehead atoms. The van der Waals surface area contributed by atoms with E-state index in [1.54, 1.807) is 24.7 Å². The van der Waals surface area contributed by atoms with Gasteiger partial charge in [0.2, 0.25) is 0 Å². The van der Waals surface area contributed by atoms with Gasteiger partial charge in [-0.05, 0) is 24.6 Å². The fourth-order valence-corrected chi connectivity index (χ4v) is 2.68. The molecule has 3 N–H and O–H groups in total. The number of halogens is 1. The van der Waals surface area contributed by atoms with Crippen molar-refractivity contribution in [3.8, 4) is 0 Å². The van der Waals surface area contributed by atoms with Gasteiger partial charge in [-0.1, -0.05) is 12.1 Å². The molecule has 0 spiro atoms. The molecular weight excluding hydrogens is 329 g/mol. The van der Waals surface area contributed by atoms with Crippen LogP contribution in [-0.2, 0) is 6.54 Å². The number of aromatic nitrogens is 1. The highest BCUT2D eigenvalue weighted by molar-refractivity contribution is 7.11. The number of hydrogen-bond donors (Lipinski definition) is 3. The molecular formula is C16H20FN5OS. The zero-order valence-electron chi connectivity index (χ0n) is 13.6. The Morgan fingerprint density at radius 2 is 1.92 bits per heavy atom. The van der Waals surface area contributed by atoms with Crippen molar-refractivity contribution in [1.29, 1.82) is 0 Å². The lowest BCUT2D eigenvalue weighted by Gasteiger charge is -2.12. The number of nitrogens with one attached hydrogen (secondary N) is 3. The van der Waals surface area contributed by atoms with Gasteiger partial charge in [-0.3, -0.25) is 9.79 Å². The molecule has 0 saturated heterocycles. The lowest BCUT2D eigenvalue weighted by atomic mass is 10.2. The Morgan fingerprint density at radius 3 is 2.54 bits per heavy atom. The summed E-state index contributed by atoms with van der Waals surface area (Å²) >= 11 is 1.33. The molecule has 1 heterocycles. The van der Waals surface area contributed by atoms with E-state index in [1.807, 2.05) is 6.92 Å². The summed E-state index contributed by atoms with van der Waals surface area (Å²) in [6, 6.07) is 6.27. The standard InChI is InChI=1S/C16H20FN5OS/c1-11-14(24-10-22-11)15(23)19-7-8-20-16(18-2)21-9-12-3-5-13(17)6-4-12/h3-6,10H,7-9H2,1-2H3,(H,19,23)(H2,18,20,21). The minimum absolute atomic E-state index is 0.119. The largest absolute Gasteiger partial charge is 0.355 e. The highest BCUT2D eigenvalue weighted by Gasteiger charge is 2.10. The van der Waals surface area contributed by atoms with Crippen molar-refractivity contribution in [3.63, 3.8) is 0 Å². The Labute approximate surface area is 144 Å². The monoisotopic (exact) mass is 349 g/mol. The topological polar surface area (TPSA) is 78.4 Å². The molecule has 128 valence electrons. The molecule has 0 saturated carbocycles. The molecule has 0 fully saturated rings. The van der Waals surface area contributed by atoms with Gasteiger partial charge >= 0.3 is 0 Å². The van der Waals surface area contributed by atoms with Gasteiger partial charge in [0, 0.05) is 26.7 Å². The predicted molar refractivity (Wildman–Crippen MR) is 93.8 cm³/mol. The fraction of sp³-hybridized carbons (Fsp3) is 0.312. The average Bonchev–Trinajstić information content (AvgIpc) is 3.01. The number of thiazole rings is 1. The second-order valence-corrected chi connectivity index (χ2v) is 5.86. The van der Waals surface area contributed by atoms with Crippen LogP contribution in [0.4, 0.5) is 4.39 Å². The molecule has 1 aromatic heterocycles. The first-order valence-electron chi connectivity index (χ1n) is 7.47. The van der Waals surface area contributed by atoms with E-state index in [1.165, 1.54) is 23.5 Å². The number of aryl methyl sites for hydroxylation is 1. The predicted octanol–water partition coefficient (Wildman–Crippen LogP) is 1.69. The Bertz CT molecular complexity index is 699. The molecule has 6 nitrogen and oxygen atoms in total. The molecule has 0 radical (unpaired) electrons. The first kappa shape index (κ1) is 17.9. The van der Waals surface area contributed by atoms with Crippen molar-refractivity contribution in [2.24, 2.45) is 4.99 Å². The second-order valence-electron chi connectivity index (χ2n) is 5.00. The molecule has 0 aliphatic heterocycles. The van der Waals surface area contributed by atoms with E-state index in [0.717, 1.165) is 11.3 Å². The van der Waals surface area contributed by atoms with E-state index in [2.05, 4.69) is 25.9 Å². The van der Waals surface area contributed by atoms with Gasteiger partial charge in [-0.15, -0.1) is 11.3 Å². The van der Waals surface area contributed by atoms with Crippen molar-refractivity contribution in [2.75, 3.05) is 20.1 Å². The van der Waals surface area contributed by atoms with Crippen LogP contribution in [0.1, 0.15) is 20.9 Å². The summed E-state index contributed by atoms with van der Waals surface area (Å²) in [5, 5.41) is 9.06. The van der Waals surface area contributed by atoms with Crippen LogP contribution in [0.15, 0.2) is 34.8 Å². The van der Waals surface area contributed by atoms with E-state index >= 15 is 0 Å². The maximum absolute atomic E-state index is 12.9. The van der Waals surface area contributed by atoms with E-state index in [4.69, 9.17) is 0 Å². The number of nitrogens with zero attached hydrogens (tertiary/aromatic N) is 2. The first-order chi connectivity index (χ1) is 11.6. The zero-order valence-corrected chi connectivity index (χ0v) is 14.4. The van der Waals surface area contributed by atoms with E-state index in [0.29, 0.717) is 30.5 Å². The normalized spacial score (nSPS) is 11.2. The van der Waals surface area contributed by atoms with Crippen LogP contribution in [0.3, 0.4) is 0 Å². The summed E-state index contributed by atoms with van der Waals surface area (Å²) in [7, 11) is 1.67. The van der Waals surface area contributed by atoms with Crippen LogP contribution >= 0.6 is 11.3 Å². The molecule has 0 atom stereocenters. The smallest absolute Gasteiger partial charge is 0.263 e.